The van der Waals surface area contributed by atoms with Crippen LogP contribution in [0.4, 0.5) is 0 Å². The van der Waals surface area contributed by atoms with Crippen LogP contribution in [0.3, 0.4) is 0 Å². The van der Waals surface area contributed by atoms with Gasteiger partial charge >= 0.3 is 5.97 Å². The summed E-state index contributed by atoms with van der Waals surface area (Å²) in [7, 11) is 0. The van der Waals surface area contributed by atoms with Crippen LogP contribution in [-0.2, 0) is 19.1 Å². The average molecular weight is 451 g/mol. The van der Waals surface area contributed by atoms with Gasteiger partial charge in [0.15, 0.2) is 0 Å². The molecule has 1 spiro atoms. The van der Waals surface area contributed by atoms with E-state index in [4.69, 9.17) is 4.74 Å². The predicted octanol–water partition coefficient (Wildman–Crippen LogP) is 2.00. The van der Waals surface area contributed by atoms with Gasteiger partial charge in [-0.2, -0.15) is 0 Å². The van der Waals surface area contributed by atoms with Gasteiger partial charge < -0.3 is 19.6 Å². The summed E-state index contributed by atoms with van der Waals surface area (Å²) in [4.78, 5) is 43.8. The monoisotopic (exact) mass is 450 g/mol. The summed E-state index contributed by atoms with van der Waals surface area (Å²) < 4.78 is 4.75. The second-order valence-electron chi connectivity index (χ2n) is 8.81. The molecule has 3 rings (SSSR count). The van der Waals surface area contributed by atoms with Gasteiger partial charge in [0.2, 0.25) is 11.8 Å². The normalized spacial score (nSPS) is 31.1. The van der Waals surface area contributed by atoms with Gasteiger partial charge in [-0.3, -0.25) is 14.4 Å². The van der Waals surface area contributed by atoms with E-state index in [-0.39, 0.29) is 42.3 Å². The lowest BCUT2D eigenvalue weighted by molar-refractivity contribution is -0.153. The Morgan fingerprint density at radius 1 is 1.35 bits per heavy atom. The lowest BCUT2D eigenvalue weighted by atomic mass is 9.71. The molecule has 8 heteroatoms. The van der Waals surface area contributed by atoms with E-state index in [0.29, 0.717) is 25.9 Å². The molecule has 0 aromatic heterocycles. The third-order valence-electron chi connectivity index (χ3n) is 6.69. The molecule has 31 heavy (non-hydrogen) atoms. The Bertz CT molecular complexity index is 741. The van der Waals surface area contributed by atoms with Crippen LogP contribution in [0.15, 0.2) is 25.3 Å². The van der Waals surface area contributed by atoms with E-state index < -0.39 is 22.6 Å². The minimum absolute atomic E-state index is 0.00642. The molecule has 0 saturated carbocycles. The quantitative estimate of drug-likeness (QED) is 0.294. The number of ether oxygens (including phenoxy) is 1. The van der Waals surface area contributed by atoms with Gasteiger partial charge in [-0.25, -0.2) is 0 Å². The lowest BCUT2D eigenvalue weighted by Crippen LogP contribution is -2.56. The number of hydrogen-bond donors (Lipinski definition) is 1. The molecular weight excluding hydrogens is 416 g/mol. The van der Waals surface area contributed by atoms with Gasteiger partial charge in [0.25, 0.3) is 0 Å². The van der Waals surface area contributed by atoms with Crippen molar-refractivity contribution in [3.63, 3.8) is 0 Å². The molecule has 0 radical (unpaired) electrons. The molecule has 3 aliphatic heterocycles. The van der Waals surface area contributed by atoms with Gasteiger partial charge in [0.05, 0.1) is 16.6 Å². The van der Waals surface area contributed by atoms with Crippen LogP contribution in [0.5, 0.6) is 0 Å². The summed E-state index contributed by atoms with van der Waals surface area (Å²) in [6.45, 7) is 12.3. The maximum absolute atomic E-state index is 13.8. The Balaban J connectivity index is 1.98. The van der Waals surface area contributed by atoms with Crippen molar-refractivity contribution < 1.29 is 24.2 Å². The highest BCUT2D eigenvalue weighted by molar-refractivity contribution is 8.02. The van der Waals surface area contributed by atoms with Crippen LogP contribution in [-0.4, -0.2) is 81.1 Å². The largest absolute Gasteiger partial charge is 0.461 e. The molecule has 3 saturated heterocycles. The highest BCUT2D eigenvalue weighted by atomic mass is 32.2. The number of unbranched alkanes of at least 4 members (excludes halogenated alkanes) is 1. The summed E-state index contributed by atoms with van der Waals surface area (Å²) in [5.41, 5.74) is 0. The Hall–Kier alpha value is -1.80. The summed E-state index contributed by atoms with van der Waals surface area (Å²) in [5, 5.41) is 9.20. The molecule has 5 atom stereocenters. The molecule has 2 unspecified atom stereocenters. The average Bonchev–Trinajstić information content (AvgIpc) is 3.37. The van der Waals surface area contributed by atoms with Crippen molar-refractivity contribution in [2.75, 3.05) is 26.3 Å². The second-order valence-corrected chi connectivity index (χ2v) is 10.4. The number of likely N-dealkylation sites (tertiary alicyclic amines) is 1. The molecule has 1 N–H and O–H groups in total. The number of aliphatic hydroxyl groups is 1. The Kier molecular flexibility index (Phi) is 7.52. The zero-order chi connectivity index (χ0) is 22.8. The van der Waals surface area contributed by atoms with Crippen molar-refractivity contribution in [3.05, 3.63) is 25.3 Å². The van der Waals surface area contributed by atoms with Crippen molar-refractivity contribution in [3.8, 4) is 0 Å². The first-order valence-corrected chi connectivity index (χ1v) is 12.0. The number of hydrogen-bond acceptors (Lipinski definition) is 6. The molecule has 172 valence electrons. The topological polar surface area (TPSA) is 87.2 Å². The first-order valence-electron chi connectivity index (χ1n) is 11.1. The Morgan fingerprint density at radius 2 is 2.10 bits per heavy atom. The highest BCUT2D eigenvalue weighted by Gasteiger charge is 2.74. The van der Waals surface area contributed by atoms with Crippen LogP contribution >= 0.6 is 11.8 Å². The summed E-state index contributed by atoms with van der Waals surface area (Å²) in [6, 6.07) is -0.648. The number of amides is 2. The smallest absolute Gasteiger partial charge is 0.311 e. The van der Waals surface area contributed by atoms with Gasteiger partial charge in [-0.15, -0.1) is 18.3 Å². The number of carbonyl (C=O) groups excluding carboxylic acids is 3. The molecule has 3 heterocycles. The number of rotatable bonds is 11. The van der Waals surface area contributed by atoms with Gasteiger partial charge in [0, 0.05) is 31.0 Å². The van der Waals surface area contributed by atoms with Crippen LogP contribution < -0.4 is 0 Å². The number of carbonyl (C=O) groups is 3. The molecule has 0 aliphatic carbocycles. The van der Waals surface area contributed by atoms with Crippen LogP contribution in [0.25, 0.3) is 0 Å². The van der Waals surface area contributed by atoms with Crippen LogP contribution in [0, 0.1) is 11.8 Å². The highest BCUT2D eigenvalue weighted by Crippen LogP contribution is 2.66. The van der Waals surface area contributed by atoms with Crippen molar-refractivity contribution in [1.29, 1.82) is 0 Å². The zero-order valence-electron chi connectivity index (χ0n) is 18.5. The zero-order valence-corrected chi connectivity index (χ0v) is 19.3. The SMILES string of the molecule is C=CCOC(=O)[C@@H]1[C@@H]2CCC3(S2)C(C(=O)N(CC=C)C(C)C)N(CCCCO)C(=O)[C@H]13. The second kappa shape index (κ2) is 9.77. The predicted molar refractivity (Wildman–Crippen MR) is 120 cm³/mol. The first kappa shape index (κ1) is 23.9. The van der Waals surface area contributed by atoms with Gasteiger partial charge in [-0.1, -0.05) is 18.7 Å². The summed E-state index contributed by atoms with van der Waals surface area (Å²) in [5.74, 6) is -1.66. The molecule has 0 aromatic carbocycles. The van der Waals surface area contributed by atoms with Crippen LogP contribution in [0.1, 0.15) is 39.5 Å². The van der Waals surface area contributed by atoms with Crippen molar-refractivity contribution >= 4 is 29.5 Å². The molecule has 3 fully saturated rings. The fraction of sp³-hybridized carbons (Fsp3) is 0.696. The molecule has 2 amide bonds. The van der Waals surface area contributed by atoms with Crippen molar-refractivity contribution in [1.82, 2.24) is 9.80 Å². The fourth-order valence-electron chi connectivity index (χ4n) is 5.42. The Labute approximate surface area is 188 Å². The first-order chi connectivity index (χ1) is 14.8. The summed E-state index contributed by atoms with van der Waals surface area (Å²) >= 11 is 1.64. The summed E-state index contributed by atoms with van der Waals surface area (Å²) in [6.07, 6.45) is 5.92. The van der Waals surface area contributed by atoms with E-state index in [1.807, 2.05) is 13.8 Å². The molecule has 3 aliphatic rings. The van der Waals surface area contributed by atoms with Crippen molar-refractivity contribution in [2.24, 2.45) is 11.8 Å². The van der Waals surface area contributed by atoms with E-state index in [9.17, 15) is 19.5 Å². The van der Waals surface area contributed by atoms with E-state index >= 15 is 0 Å². The van der Waals surface area contributed by atoms with E-state index in [1.165, 1.54) is 6.08 Å². The van der Waals surface area contributed by atoms with E-state index in [1.54, 1.807) is 27.6 Å². The number of thioether (sulfide) groups is 1. The van der Waals surface area contributed by atoms with Crippen LogP contribution in [0.2, 0.25) is 0 Å². The number of fused-ring (bicyclic) bond motifs is 1. The number of aliphatic hydroxyl groups excluding tert-OH is 1. The molecular formula is C23H34N2O5S. The number of esters is 1. The lowest BCUT2D eigenvalue weighted by Gasteiger charge is -2.38. The molecule has 7 nitrogen and oxygen atoms in total. The maximum Gasteiger partial charge on any atom is 0.311 e. The third kappa shape index (κ3) is 4.04. The van der Waals surface area contributed by atoms with Gasteiger partial charge in [0.1, 0.15) is 12.6 Å². The standard InChI is InChI=1S/C23H34N2O5S/c1-5-11-24(15(3)4)21(28)19-23-10-9-16(31-23)17(22(29)30-14-6-2)18(23)20(27)25(19)12-7-8-13-26/h5-6,15-19,26H,1-2,7-14H2,3-4H3/t16-,17+,18-,19?,23?/m0/s1. The van der Waals surface area contributed by atoms with Gasteiger partial charge in [-0.05, 0) is 39.5 Å². The minimum atomic E-state index is -0.613. The fourth-order valence-corrected chi connectivity index (χ4v) is 7.62. The Morgan fingerprint density at radius 3 is 2.71 bits per heavy atom. The minimum Gasteiger partial charge on any atom is -0.461 e. The van der Waals surface area contributed by atoms with E-state index in [0.717, 1.165) is 12.8 Å². The molecule has 0 aromatic rings. The third-order valence-corrected chi connectivity index (χ3v) is 8.64. The maximum atomic E-state index is 13.8. The number of nitrogens with zero attached hydrogens (tertiary/aromatic N) is 2. The van der Waals surface area contributed by atoms with Crippen molar-refractivity contribution in [2.45, 2.75) is 61.6 Å². The van der Waals surface area contributed by atoms with E-state index in [2.05, 4.69) is 13.2 Å². The molecule has 2 bridgehead atoms.